The van der Waals surface area contributed by atoms with Crippen molar-refractivity contribution in [2.75, 3.05) is 13.2 Å². The summed E-state index contributed by atoms with van der Waals surface area (Å²) in [5.74, 6) is -0.248. The first-order chi connectivity index (χ1) is 15.4. The highest BCUT2D eigenvalue weighted by atomic mass is 16.5. The van der Waals surface area contributed by atoms with Gasteiger partial charge in [0.15, 0.2) is 6.61 Å². The van der Waals surface area contributed by atoms with E-state index in [4.69, 9.17) is 9.15 Å². The van der Waals surface area contributed by atoms with Crippen LogP contribution < -0.4 is 5.32 Å². The number of esters is 1. The van der Waals surface area contributed by atoms with Crippen molar-refractivity contribution in [3.8, 4) is 0 Å². The molecule has 1 aliphatic rings. The summed E-state index contributed by atoms with van der Waals surface area (Å²) in [6, 6.07) is 11.2. The first-order valence-corrected chi connectivity index (χ1v) is 10.8. The third-order valence-electron chi connectivity index (χ3n) is 5.21. The molecular formula is C24H29N3O5. The molecule has 0 saturated heterocycles. The van der Waals surface area contributed by atoms with Gasteiger partial charge >= 0.3 is 5.97 Å². The number of hydrogen-bond donors (Lipinski definition) is 1. The number of hydrogen-bond acceptors (Lipinski definition) is 6. The lowest BCUT2D eigenvalue weighted by atomic mass is 10.0. The number of furan rings is 1. The molecule has 1 atom stereocenters. The van der Waals surface area contributed by atoms with Gasteiger partial charge < -0.3 is 14.5 Å². The summed E-state index contributed by atoms with van der Waals surface area (Å²) in [7, 11) is 0. The topological polar surface area (TPSA) is 101 Å². The summed E-state index contributed by atoms with van der Waals surface area (Å²) in [6.45, 7) is 3.71. The van der Waals surface area contributed by atoms with Crippen molar-refractivity contribution in [3.05, 3.63) is 59.5 Å². The van der Waals surface area contributed by atoms with Crippen molar-refractivity contribution in [2.45, 2.75) is 52.0 Å². The van der Waals surface area contributed by atoms with Crippen LogP contribution >= 0.6 is 0 Å². The molecule has 8 nitrogen and oxygen atoms in total. The van der Waals surface area contributed by atoms with Crippen molar-refractivity contribution in [2.24, 2.45) is 5.10 Å². The first kappa shape index (κ1) is 23.2. The van der Waals surface area contributed by atoms with Gasteiger partial charge in [0.2, 0.25) is 5.91 Å². The molecule has 0 spiro atoms. The van der Waals surface area contributed by atoms with Crippen molar-refractivity contribution in [1.29, 1.82) is 0 Å². The molecule has 1 aromatic heterocycles. The Morgan fingerprint density at radius 3 is 2.62 bits per heavy atom. The standard InChI is InChI=1S/C24H29N3O5/c1-17-9-11-19(12-10-17)20-15-21(22-7-6-14-31-22)27(26-20)23(29)16-32-24(30)8-4-3-5-13-25-18(2)28/h6-7,9-12,14,21H,3-5,8,13,15-16H2,1-2H3,(H,25,28). The molecule has 1 aromatic carbocycles. The fourth-order valence-electron chi connectivity index (χ4n) is 3.48. The van der Waals surface area contributed by atoms with Crippen molar-refractivity contribution in [3.63, 3.8) is 0 Å². The van der Waals surface area contributed by atoms with Crippen LogP contribution in [0.1, 0.15) is 62.0 Å². The molecule has 2 heterocycles. The summed E-state index contributed by atoms with van der Waals surface area (Å²) in [5, 5.41) is 8.60. The molecule has 1 aliphatic heterocycles. The summed E-state index contributed by atoms with van der Waals surface area (Å²) in [4.78, 5) is 35.7. The molecule has 0 radical (unpaired) electrons. The Kier molecular flexibility index (Phi) is 8.19. The van der Waals surface area contributed by atoms with E-state index in [1.165, 1.54) is 11.9 Å². The average Bonchev–Trinajstić information content (AvgIpc) is 3.44. The zero-order chi connectivity index (χ0) is 22.9. The zero-order valence-electron chi connectivity index (χ0n) is 18.5. The molecule has 3 rings (SSSR count). The van der Waals surface area contributed by atoms with E-state index in [2.05, 4.69) is 10.4 Å². The Balaban J connectivity index is 1.53. The third-order valence-corrected chi connectivity index (χ3v) is 5.21. The third kappa shape index (κ3) is 6.54. The minimum atomic E-state index is -0.422. The van der Waals surface area contributed by atoms with E-state index in [1.807, 2.05) is 37.3 Å². The van der Waals surface area contributed by atoms with E-state index in [-0.39, 0.29) is 25.0 Å². The molecule has 2 aromatic rings. The normalized spacial score (nSPS) is 15.4. The number of carbonyl (C=O) groups excluding carboxylic acids is 3. The number of carbonyl (C=O) groups is 3. The van der Waals surface area contributed by atoms with Gasteiger partial charge in [-0.1, -0.05) is 36.2 Å². The number of benzene rings is 1. The van der Waals surface area contributed by atoms with Gasteiger partial charge in [0.25, 0.3) is 5.91 Å². The first-order valence-electron chi connectivity index (χ1n) is 10.8. The van der Waals surface area contributed by atoms with E-state index < -0.39 is 11.9 Å². The van der Waals surface area contributed by atoms with Gasteiger partial charge in [-0.2, -0.15) is 5.10 Å². The quantitative estimate of drug-likeness (QED) is 0.451. The second-order valence-electron chi connectivity index (χ2n) is 7.84. The fourth-order valence-corrected chi connectivity index (χ4v) is 3.48. The monoisotopic (exact) mass is 439 g/mol. The zero-order valence-corrected chi connectivity index (χ0v) is 18.5. The molecule has 1 N–H and O–H groups in total. The van der Waals surface area contributed by atoms with E-state index in [9.17, 15) is 14.4 Å². The number of ether oxygens (including phenoxy) is 1. The molecule has 1 unspecified atom stereocenters. The van der Waals surface area contributed by atoms with Gasteiger partial charge in [0.05, 0.1) is 12.0 Å². The molecule has 0 fully saturated rings. The maximum Gasteiger partial charge on any atom is 0.306 e. The van der Waals surface area contributed by atoms with Gasteiger partial charge in [0.1, 0.15) is 11.8 Å². The highest BCUT2D eigenvalue weighted by Gasteiger charge is 2.35. The maximum atomic E-state index is 12.8. The smallest absolute Gasteiger partial charge is 0.306 e. The maximum absolute atomic E-state index is 12.8. The number of unbranched alkanes of at least 4 members (excludes halogenated alkanes) is 2. The fraction of sp³-hybridized carbons (Fsp3) is 0.417. The second kappa shape index (κ2) is 11.3. The van der Waals surface area contributed by atoms with Crippen LogP contribution in [0.5, 0.6) is 0 Å². The van der Waals surface area contributed by atoms with Crippen LogP contribution in [0.4, 0.5) is 0 Å². The largest absolute Gasteiger partial charge is 0.467 e. The molecule has 170 valence electrons. The minimum absolute atomic E-state index is 0.0640. The van der Waals surface area contributed by atoms with Gasteiger partial charge in [-0.15, -0.1) is 0 Å². The number of aryl methyl sites for hydroxylation is 1. The average molecular weight is 440 g/mol. The second-order valence-corrected chi connectivity index (χ2v) is 7.84. The van der Waals surface area contributed by atoms with Crippen LogP contribution in [0.3, 0.4) is 0 Å². The number of nitrogens with one attached hydrogen (secondary N) is 1. The number of hydrazone groups is 1. The Morgan fingerprint density at radius 2 is 1.94 bits per heavy atom. The van der Waals surface area contributed by atoms with E-state index in [0.29, 0.717) is 25.1 Å². The lowest BCUT2D eigenvalue weighted by Crippen LogP contribution is -2.31. The summed E-state index contributed by atoms with van der Waals surface area (Å²) in [5.41, 5.74) is 2.87. The van der Waals surface area contributed by atoms with Gasteiger partial charge in [-0.25, -0.2) is 5.01 Å². The molecule has 0 saturated carbocycles. The number of amides is 2. The molecule has 2 amide bonds. The van der Waals surface area contributed by atoms with Crippen molar-refractivity contribution in [1.82, 2.24) is 10.3 Å². The predicted octanol–water partition coefficient (Wildman–Crippen LogP) is 3.51. The van der Waals surface area contributed by atoms with E-state index in [0.717, 1.165) is 29.7 Å². The van der Waals surface area contributed by atoms with Crippen LogP contribution in [0.2, 0.25) is 0 Å². The Labute approximate surface area is 187 Å². The van der Waals surface area contributed by atoms with E-state index >= 15 is 0 Å². The molecule has 32 heavy (non-hydrogen) atoms. The molecule has 0 aliphatic carbocycles. The highest BCUT2D eigenvalue weighted by Crippen LogP contribution is 2.33. The lowest BCUT2D eigenvalue weighted by Gasteiger charge is -2.19. The Bertz CT molecular complexity index is 951. The molecular weight excluding hydrogens is 410 g/mol. The SMILES string of the molecule is CC(=O)NCCCCCC(=O)OCC(=O)N1N=C(c2ccc(C)cc2)CC1c1ccco1. The van der Waals surface area contributed by atoms with Crippen LogP contribution in [0.25, 0.3) is 0 Å². The summed E-state index contributed by atoms with van der Waals surface area (Å²) >= 11 is 0. The van der Waals surface area contributed by atoms with Gasteiger partial charge in [-0.05, 0) is 37.5 Å². The van der Waals surface area contributed by atoms with Gasteiger partial charge in [0, 0.05) is 26.3 Å². The van der Waals surface area contributed by atoms with Crippen LogP contribution in [-0.2, 0) is 19.1 Å². The number of rotatable bonds is 10. The van der Waals surface area contributed by atoms with Crippen LogP contribution in [0, 0.1) is 6.92 Å². The molecule has 0 bridgehead atoms. The summed E-state index contributed by atoms with van der Waals surface area (Å²) < 4.78 is 10.7. The van der Waals surface area contributed by atoms with Crippen LogP contribution in [-0.4, -0.2) is 41.7 Å². The van der Waals surface area contributed by atoms with E-state index in [1.54, 1.807) is 12.3 Å². The minimum Gasteiger partial charge on any atom is -0.467 e. The lowest BCUT2D eigenvalue weighted by molar-refractivity contribution is -0.153. The highest BCUT2D eigenvalue weighted by molar-refractivity contribution is 6.03. The Morgan fingerprint density at radius 1 is 1.16 bits per heavy atom. The van der Waals surface area contributed by atoms with Crippen LogP contribution in [0.15, 0.2) is 52.2 Å². The predicted molar refractivity (Wildman–Crippen MR) is 119 cm³/mol. The number of nitrogens with zero attached hydrogens (tertiary/aromatic N) is 2. The van der Waals surface area contributed by atoms with Crippen molar-refractivity contribution < 1.29 is 23.5 Å². The Hall–Kier alpha value is -3.42. The van der Waals surface area contributed by atoms with Gasteiger partial charge in [-0.3, -0.25) is 14.4 Å². The van der Waals surface area contributed by atoms with Crippen molar-refractivity contribution >= 4 is 23.5 Å². The summed E-state index contributed by atoms with van der Waals surface area (Å²) in [6.07, 6.45) is 4.54. The molecule has 8 heteroatoms.